The van der Waals surface area contributed by atoms with Crippen LogP contribution in [0.5, 0.6) is 5.75 Å². The normalized spacial score (nSPS) is 17.4. The number of nitrogen functional groups attached to an aromatic ring is 1. The van der Waals surface area contributed by atoms with Gasteiger partial charge in [-0.25, -0.2) is 0 Å². The summed E-state index contributed by atoms with van der Waals surface area (Å²) in [4.78, 5) is 0. The van der Waals surface area contributed by atoms with Crippen molar-refractivity contribution >= 4 is 5.69 Å². The van der Waals surface area contributed by atoms with E-state index in [0.29, 0.717) is 6.04 Å². The van der Waals surface area contributed by atoms with Gasteiger partial charge in [0.2, 0.25) is 0 Å². The van der Waals surface area contributed by atoms with Crippen LogP contribution in [0.2, 0.25) is 0 Å². The molecule has 100 valence electrons. The summed E-state index contributed by atoms with van der Waals surface area (Å²) in [5, 5.41) is 3.65. The van der Waals surface area contributed by atoms with Crippen LogP contribution in [0.4, 0.5) is 5.69 Å². The van der Waals surface area contributed by atoms with Gasteiger partial charge < -0.3 is 15.8 Å². The van der Waals surface area contributed by atoms with Gasteiger partial charge in [-0.2, -0.15) is 0 Å². The van der Waals surface area contributed by atoms with Gasteiger partial charge in [-0.1, -0.05) is 31.7 Å². The van der Waals surface area contributed by atoms with Crippen molar-refractivity contribution in [1.82, 2.24) is 5.32 Å². The Morgan fingerprint density at radius 2 is 1.94 bits per heavy atom. The highest BCUT2D eigenvalue weighted by Gasteiger charge is 2.12. The molecule has 0 radical (unpaired) electrons. The van der Waals surface area contributed by atoms with Gasteiger partial charge >= 0.3 is 0 Å². The van der Waals surface area contributed by atoms with Crippen LogP contribution < -0.4 is 15.8 Å². The van der Waals surface area contributed by atoms with Crippen molar-refractivity contribution in [3.05, 3.63) is 23.8 Å². The van der Waals surface area contributed by atoms with Crippen molar-refractivity contribution in [3.63, 3.8) is 0 Å². The Hall–Kier alpha value is -1.22. The van der Waals surface area contributed by atoms with E-state index < -0.39 is 0 Å². The Bertz CT molecular complexity index is 371. The molecule has 3 heteroatoms. The smallest absolute Gasteiger partial charge is 0.125 e. The molecular formula is C15H24N2O. The number of ether oxygens (including phenoxy) is 1. The van der Waals surface area contributed by atoms with E-state index in [1.54, 1.807) is 7.11 Å². The Morgan fingerprint density at radius 3 is 2.61 bits per heavy atom. The molecule has 18 heavy (non-hydrogen) atoms. The van der Waals surface area contributed by atoms with Crippen LogP contribution in [-0.4, -0.2) is 13.2 Å². The molecule has 0 unspecified atom stereocenters. The van der Waals surface area contributed by atoms with Crippen molar-refractivity contribution in [2.75, 3.05) is 12.8 Å². The topological polar surface area (TPSA) is 47.3 Å². The van der Waals surface area contributed by atoms with E-state index in [0.717, 1.165) is 18.0 Å². The van der Waals surface area contributed by atoms with E-state index in [1.165, 1.54) is 44.1 Å². The molecule has 3 nitrogen and oxygen atoms in total. The Morgan fingerprint density at radius 1 is 1.22 bits per heavy atom. The second-order valence-corrected chi connectivity index (χ2v) is 5.14. The molecule has 0 amide bonds. The summed E-state index contributed by atoms with van der Waals surface area (Å²) in [6.07, 6.45) is 8.11. The highest BCUT2D eigenvalue weighted by atomic mass is 16.5. The largest absolute Gasteiger partial charge is 0.496 e. The number of hydrogen-bond acceptors (Lipinski definition) is 3. The fraction of sp³-hybridized carbons (Fsp3) is 0.600. The fourth-order valence-corrected chi connectivity index (χ4v) is 2.64. The number of methoxy groups -OCH3 is 1. The first-order chi connectivity index (χ1) is 8.79. The van der Waals surface area contributed by atoms with Crippen LogP contribution in [0, 0.1) is 0 Å². The van der Waals surface area contributed by atoms with E-state index in [1.807, 2.05) is 12.1 Å². The lowest BCUT2D eigenvalue weighted by Crippen LogP contribution is -2.28. The van der Waals surface area contributed by atoms with Crippen molar-refractivity contribution < 1.29 is 4.74 Å². The molecule has 0 aromatic heterocycles. The maximum absolute atomic E-state index is 5.76. The zero-order chi connectivity index (χ0) is 12.8. The molecule has 0 saturated heterocycles. The van der Waals surface area contributed by atoms with Gasteiger partial charge in [0, 0.05) is 29.9 Å². The van der Waals surface area contributed by atoms with E-state index in [-0.39, 0.29) is 0 Å². The van der Waals surface area contributed by atoms with E-state index in [4.69, 9.17) is 10.5 Å². The number of nitrogens with two attached hydrogens (primary N) is 1. The molecule has 0 heterocycles. The lowest BCUT2D eigenvalue weighted by molar-refractivity contribution is 0.401. The number of anilines is 1. The lowest BCUT2D eigenvalue weighted by atomic mass is 10.1. The van der Waals surface area contributed by atoms with Gasteiger partial charge in [0.05, 0.1) is 7.11 Å². The number of nitrogens with one attached hydrogen (secondary N) is 1. The molecule has 1 saturated carbocycles. The molecule has 1 aliphatic rings. The van der Waals surface area contributed by atoms with Crippen molar-refractivity contribution in [3.8, 4) is 5.75 Å². The van der Waals surface area contributed by atoms with Crippen LogP contribution in [0.1, 0.15) is 44.1 Å². The predicted octanol–water partition coefficient (Wildman–Crippen LogP) is 3.09. The molecule has 0 spiro atoms. The average Bonchev–Trinajstić information content (AvgIpc) is 2.65. The predicted molar refractivity (Wildman–Crippen MR) is 75.7 cm³/mol. The minimum atomic E-state index is 0.662. The van der Waals surface area contributed by atoms with E-state index >= 15 is 0 Å². The average molecular weight is 248 g/mol. The summed E-state index contributed by atoms with van der Waals surface area (Å²) in [7, 11) is 1.70. The highest BCUT2D eigenvalue weighted by molar-refractivity contribution is 5.48. The quantitative estimate of drug-likeness (QED) is 0.636. The Kier molecular flexibility index (Phi) is 4.88. The van der Waals surface area contributed by atoms with E-state index in [2.05, 4.69) is 11.4 Å². The second-order valence-electron chi connectivity index (χ2n) is 5.14. The molecule has 3 N–H and O–H groups in total. The lowest BCUT2D eigenvalue weighted by Gasteiger charge is -2.17. The van der Waals surface area contributed by atoms with Crippen LogP contribution >= 0.6 is 0 Å². The zero-order valence-electron chi connectivity index (χ0n) is 11.2. The molecule has 1 fully saturated rings. The molecule has 2 rings (SSSR count). The number of hydrogen-bond donors (Lipinski definition) is 2. The van der Waals surface area contributed by atoms with Gasteiger partial charge in [-0.3, -0.25) is 0 Å². The van der Waals surface area contributed by atoms with Gasteiger partial charge in [-0.05, 0) is 18.9 Å². The van der Waals surface area contributed by atoms with Crippen LogP contribution in [-0.2, 0) is 6.54 Å². The zero-order valence-corrected chi connectivity index (χ0v) is 11.2. The van der Waals surface area contributed by atoms with Gasteiger partial charge in [0.25, 0.3) is 0 Å². The minimum absolute atomic E-state index is 0.662. The fourth-order valence-electron chi connectivity index (χ4n) is 2.64. The summed E-state index contributed by atoms with van der Waals surface area (Å²) in [6.45, 7) is 0.869. The Balaban J connectivity index is 1.92. The second kappa shape index (κ2) is 6.64. The number of benzene rings is 1. The van der Waals surface area contributed by atoms with E-state index in [9.17, 15) is 0 Å². The molecule has 0 bridgehead atoms. The van der Waals surface area contributed by atoms with Gasteiger partial charge in [-0.15, -0.1) is 0 Å². The standard InChI is InChI=1S/C15H24N2O/c1-18-15-10-13(16)9-8-12(15)11-17-14-6-4-2-3-5-7-14/h8-10,14,17H,2-7,11,16H2,1H3. The van der Waals surface area contributed by atoms with Crippen molar-refractivity contribution in [2.45, 2.75) is 51.1 Å². The molecule has 1 aromatic rings. The monoisotopic (exact) mass is 248 g/mol. The van der Waals surface area contributed by atoms with Gasteiger partial charge in [0.1, 0.15) is 5.75 Å². The third kappa shape index (κ3) is 3.64. The highest BCUT2D eigenvalue weighted by Crippen LogP contribution is 2.22. The maximum Gasteiger partial charge on any atom is 0.125 e. The summed E-state index contributed by atoms with van der Waals surface area (Å²) >= 11 is 0. The molecule has 1 aliphatic carbocycles. The molecule has 0 aliphatic heterocycles. The first kappa shape index (κ1) is 13.2. The third-order valence-electron chi connectivity index (χ3n) is 3.75. The molecular weight excluding hydrogens is 224 g/mol. The van der Waals surface area contributed by atoms with Crippen molar-refractivity contribution in [2.24, 2.45) is 0 Å². The minimum Gasteiger partial charge on any atom is -0.496 e. The first-order valence-corrected chi connectivity index (χ1v) is 6.95. The first-order valence-electron chi connectivity index (χ1n) is 6.95. The summed E-state index contributed by atoms with van der Waals surface area (Å²) in [5.74, 6) is 0.885. The van der Waals surface area contributed by atoms with Crippen LogP contribution in [0.25, 0.3) is 0 Å². The third-order valence-corrected chi connectivity index (χ3v) is 3.75. The van der Waals surface area contributed by atoms with Gasteiger partial charge in [0.15, 0.2) is 0 Å². The molecule has 1 aromatic carbocycles. The summed E-state index contributed by atoms with van der Waals surface area (Å²) in [6, 6.07) is 6.55. The molecule has 0 atom stereocenters. The maximum atomic E-state index is 5.76. The summed E-state index contributed by atoms with van der Waals surface area (Å²) < 4.78 is 5.37. The van der Waals surface area contributed by atoms with Crippen LogP contribution in [0.3, 0.4) is 0 Å². The number of rotatable bonds is 4. The Labute approximate surface area is 110 Å². The SMILES string of the molecule is COc1cc(N)ccc1CNC1CCCCCC1. The van der Waals surface area contributed by atoms with Crippen LogP contribution in [0.15, 0.2) is 18.2 Å². The van der Waals surface area contributed by atoms with Crippen molar-refractivity contribution in [1.29, 1.82) is 0 Å². The summed E-state index contributed by atoms with van der Waals surface area (Å²) in [5.41, 5.74) is 7.71.